The van der Waals surface area contributed by atoms with E-state index >= 15 is 0 Å². The third-order valence-corrected chi connectivity index (χ3v) is 4.13. The number of rotatable bonds is 6. The number of benzene rings is 2. The lowest BCUT2D eigenvalue weighted by molar-refractivity contribution is 0.386. The quantitative estimate of drug-likeness (QED) is 0.680. The van der Waals surface area contributed by atoms with Crippen LogP contribution >= 0.6 is 0 Å². The lowest BCUT2D eigenvalue weighted by Crippen LogP contribution is -2.07. The summed E-state index contributed by atoms with van der Waals surface area (Å²) in [4.78, 5) is 9.13. The van der Waals surface area contributed by atoms with Crippen LogP contribution in [0.1, 0.15) is 12.8 Å². The normalized spacial score (nSPS) is 13.3. The summed E-state index contributed by atoms with van der Waals surface area (Å²) in [6.45, 7) is 0. The number of aromatic nitrogens is 2. The van der Waals surface area contributed by atoms with Crippen LogP contribution in [0.4, 0.5) is 21.8 Å². The van der Waals surface area contributed by atoms with Gasteiger partial charge >= 0.3 is 0 Å². The van der Waals surface area contributed by atoms with Crippen LogP contribution in [0.2, 0.25) is 0 Å². The Morgan fingerprint density at radius 2 is 1.85 bits per heavy atom. The Labute approximate surface area is 151 Å². The number of methoxy groups -OCH3 is 1. The van der Waals surface area contributed by atoms with Crippen LogP contribution in [0.15, 0.2) is 54.6 Å². The molecule has 0 spiro atoms. The molecule has 0 atom stereocenters. The molecule has 2 aromatic carbocycles. The van der Waals surface area contributed by atoms with Gasteiger partial charge in [-0.1, -0.05) is 30.3 Å². The zero-order chi connectivity index (χ0) is 17.9. The Balaban J connectivity index is 1.66. The summed E-state index contributed by atoms with van der Waals surface area (Å²) in [6, 6.07) is 16.9. The van der Waals surface area contributed by atoms with Crippen LogP contribution in [0.25, 0.3) is 11.3 Å². The number of hydrogen-bond donors (Lipinski definition) is 2. The first-order valence-corrected chi connectivity index (χ1v) is 8.53. The summed E-state index contributed by atoms with van der Waals surface area (Å²) in [7, 11) is 1.44. The molecule has 0 amide bonds. The molecule has 132 valence electrons. The summed E-state index contributed by atoms with van der Waals surface area (Å²) in [5.74, 6) is 0.961. The van der Waals surface area contributed by atoms with E-state index in [1.807, 2.05) is 36.4 Å². The second-order valence-corrected chi connectivity index (χ2v) is 6.22. The van der Waals surface area contributed by atoms with Crippen molar-refractivity contribution < 1.29 is 9.13 Å². The van der Waals surface area contributed by atoms with Crippen LogP contribution in [0, 0.1) is 5.82 Å². The van der Waals surface area contributed by atoms with Crippen LogP contribution in [0.5, 0.6) is 5.75 Å². The van der Waals surface area contributed by atoms with Gasteiger partial charge in [-0.15, -0.1) is 0 Å². The molecule has 5 nitrogen and oxygen atoms in total. The molecule has 1 aliphatic rings. The fraction of sp³-hybridized carbons (Fsp3) is 0.200. The first kappa shape index (κ1) is 16.3. The van der Waals surface area contributed by atoms with Crippen molar-refractivity contribution >= 4 is 17.5 Å². The van der Waals surface area contributed by atoms with Gasteiger partial charge in [-0.05, 0) is 25.0 Å². The topological polar surface area (TPSA) is 59.1 Å². The van der Waals surface area contributed by atoms with Gasteiger partial charge in [-0.2, -0.15) is 4.98 Å². The van der Waals surface area contributed by atoms with Crippen LogP contribution in [-0.2, 0) is 0 Å². The monoisotopic (exact) mass is 350 g/mol. The van der Waals surface area contributed by atoms with E-state index in [-0.39, 0.29) is 5.75 Å². The van der Waals surface area contributed by atoms with Gasteiger partial charge < -0.3 is 15.4 Å². The maximum absolute atomic E-state index is 13.9. The Kier molecular flexibility index (Phi) is 4.39. The molecule has 2 N–H and O–H groups in total. The second kappa shape index (κ2) is 7.00. The third kappa shape index (κ3) is 3.74. The highest BCUT2D eigenvalue weighted by atomic mass is 19.1. The zero-order valence-corrected chi connectivity index (χ0v) is 14.4. The minimum Gasteiger partial charge on any atom is -0.494 e. The highest BCUT2D eigenvalue weighted by Gasteiger charge is 2.22. The number of halogens is 1. The average Bonchev–Trinajstić information content (AvgIpc) is 3.46. The Morgan fingerprint density at radius 1 is 1.04 bits per heavy atom. The molecule has 0 aliphatic heterocycles. The van der Waals surface area contributed by atoms with E-state index in [2.05, 4.69) is 20.6 Å². The van der Waals surface area contributed by atoms with Crippen molar-refractivity contribution in [1.29, 1.82) is 0 Å². The molecule has 0 radical (unpaired) electrons. The first-order valence-electron chi connectivity index (χ1n) is 8.53. The largest absolute Gasteiger partial charge is 0.494 e. The molecule has 26 heavy (non-hydrogen) atoms. The van der Waals surface area contributed by atoms with Gasteiger partial charge in [-0.3, -0.25) is 0 Å². The lowest BCUT2D eigenvalue weighted by Gasteiger charge is -2.12. The van der Waals surface area contributed by atoms with Gasteiger partial charge in [0.1, 0.15) is 5.82 Å². The fourth-order valence-electron chi connectivity index (χ4n) is 2.63. The molecule has 0 unspecified atom stereocenters. The van der Waals surface area contributed by atoms with Crippen molar-refractivity contribution in [2.24, 2.45) is 0 Å². The van der Waals surface area contributed by atoms with Crippen LogP contribution in [0.3, 0.4) is 0 Å². The molecule has 1 saturated carbocycles. The van der Waals surface area contributed by atoms with E-state index in [1.165, 1.54) is 13.2 Å². The smallest absolute Gasteiger partial charge is 0.225 e. The lowest BCUT2D eigenvalue weighted by atomic mass is 10.1. The zero-order valence-electron chi connectivity index (χ0n) is 14.4. The van der Waals surface area contributed by atoms with Crippen LogP contribution < -0.4 is 15.4 Å². The van der Waals surface area contributed by atoms with E-state index < -0.39 is 5.82 Å². The Morgan fingerprint density at radius 3 is 2.54 bits per heavy atom. The summed E-state index contributed by atoms with van der Waals surface area (Å²) in [5, 5.41) is 6.48. The van der Waals surface area contributed by atoms with Crippen molar-refractivity contribution in [3.05, 3.63) is 60.4 Å². The minimum absolute atomic E-state index is 0.208. The number of nitrogens with zero attached hydrogens (tertiary/aromatic N) is 2. The molecule has 4 rings (SSSR count). The van der Waals surface area contributed by atoms with Gasteiger partial charge in [0.25, 0.3) is 0 Å². The first-order chi connectivity index (χ1) is 12.7. The Hall–Kier alpha value is -3.15. The maximum Gasteiger partial charge on any atom is 0.225 e. The SMILES string of the molecule is COc1ccc(Nc2cc(-c3ccccc3)nc(NC3CC3)n2)cc1F. The van der Waals surface area contributed by atoms with Crippen molar-refractivity contribution in [3.8, 4) is 17.0 Å². The number of nitrogens with one attached hydrogen (secondary N) is 2. The number of hydrogen-bond acceptors (Lipinski definition) is 5. The molecule has 1 fully saturated rings. The predicted molar refractivity (Wildman–Crippen MR) is 100 cm³/mol. The number of anilines is 3. The summed E-state index contributed by atoms with van der Waals surface area (Å²) in [6.07, 6.45) is 2.26. The Bertz CT molecular complexity index is 913. The van der Waals surface area contributed by atoms with Crippen molar-refractivity contribution in [3.63, 3.8) is 0 Å². The molecule has 1 aromatic heterocycles. The number of ether oxygens (including phenoxy) is 1. The summed E-state index contributed by atoms with van der Waals surface area (Å²) in [5.41, 5.74) is 2.40. The van der Waals surface area contributed by atoms with E-state index in [0.29, 0.717) is 23.5 Å². The van der Waals surface area contributed by atoms with E-state index in [0.717, 1.165) is 24.1 Å². The maximum atomic E-state index is 13.9. The standard InChI is InChI=1S/C20H19FN4O/c1-26-18-10-9-15(11-16(18)21)22-19-12-17(13-5-3-2-4-6-13)24-20(25-19)23-14-7-8-14/h2-6,9-12,14H,7-8H2,1H3,(H2,22,23,24,25). The molecule has 3 aromatic rings. The average molecular weight is 350 g/mol. The highest BCUT2D eigenvalue weighted by molar-refractivity contribution is 5.67. The van der Waals surface area contributed by atoms with Gasteiger partial charge in [0.05, 0.1) is 12.8 Å². The highest BCUT2D eigenvalue weighted by Crippen LogP contribution is 2.28. The van der Waals surface area contributed by atoms with Gasteiger partial charge in [0, 0.05) is 29.4 Å². The third-order valence-electron chi connectivity index (χ3n) is 4.13. The molecule has 0 bridgehead atoms. The van der Waals surface area contributed by atoms with Crippen molar-refractivity contribution in [2.75, 3.05) is 17.7 Å². The van der Waals surface area contributed by atoms with Gasteiger partial charge in [0.15, 0.2) is 11.6 Å². The molecule has 1 aliphatic carbocycles. The minimum atomic E-state index is -0.425. The summed E-state index contributed by atoms with van der Waals surface area (Å²) >= 11 is 0. The molecule has 0 saturated heterocycles. The molecular formula is C20H19FN4O. The summed E-state index contributed by atoms with van der Waals surface area (Å²) < 4.78 is 18.9. The predicted octanol–water partition coefficient (Wildman–Crippen LogP) is 4.61. The van der Waals surface area contributed by atoms with E-state index in [4.69, 9.17) is 4.74 Å². The fourth-order valence-corrected chi connectivity index (χ4v) is 2.63. The molecule has 1 heterocycles. The van der Waals surface area contributed by atoms with Gasteiger partial charge in [0.2, 0.25) is 5.95 Å². The van der Waals surface area contributed by atoms with Gasteiger partial charge in [-0.25, -0.2) is 9.37 Å². The van der Waals surface area contributed by atoms with Crippen LogP contribution in [-0.4, -0.2) is 23.1 Å². The molecular weight excluding hydrogens is 331 g/mol. The van der Waals surface area contributed by atoms with E-state index in [9.17, 15) is 4.39 Å². The van der Waals surface area contributed by atoms with Crippen molar-refractivity contribution in [1.82, 2.24) is 9.97 Å². The molecule has 6 heteroatoms. The van der Waals surface area contributed by atoms with Crippen molar-refractivity contribution in [2.45, 2.75) is 18.9 Å². The van der Waals surface area contributed by atoms with E-state index in [1.54, 1.807) is 12.1 Å². The second-order valence-electron chi connectivity index (χ2n) is 6.22.